The molecule has 3 heterocycles. The van der Waals surface area contributed by atoms with E-state index in [4.69, 9.17) is 4.74 Å². The topological polar surface area (TPSA) is 149 Å². The van der Waals surface area contributed by atoms with Crippen LogP contribution in [0.2, 0.25) is 0 Å². The Morgan fingerprint density at radius 1 is 1.05 bits per heavy atom. The Kier molecular flexibility index (Phi) is 6.67. The molecule has 0 unspecified atom stereocenters. The zero-order valence-electron chi connectivity index (χ0n) is 21.5. The highest BCUT2D eigenvalue weighted by atomic mass is 32.2. The molecule has 4 aromatic rings. The molecule has 2 amide bonds. The van der Waals surface area contributed by atoms with Gasteiger partial charge in [-0.2, -0.15) is 9.40 Å². The van der Waals surface area contributed by atoms with Gasteiger partial charge >= 0.3 is 0 Å². The number of carbonyl (C=O) groups is 2. The van der Waals surface area contributed by atoms with Crippen LogP contribution in [0.4, 0.5) is 20.3 Å². The molecule has 5 rings (SSSR count). The van der Waals surface area contributed by atoms with Crippen molar-refractivity contribution in [1.29, 1.82) is 0 Å². The molecule has 0 spiro atoms. The lowest BCUT2D eigenvalue weighted by atomic mass is 10.0. The van der Waals surface area contributed by atoms with E-state index in [1.807, 2.05) is 0 Å². The van der Waals surface area contributed by atoms with Crippen LogP contribution in [-0.4, -0.2) is 46.8 Å². The SMILES string of the molecule is COc1ccc(C(=O)Nc2n[nH]c3c2CN(S(=O)(=O)c2cc(F)cc(F)c2)C3(C)C)c(NC(=O)c2cc[nH]c2)c1. The lowest BCUT2D eigenvalue weighted by Gasteiger charge is -2.30. The average Bonchev–Trinajstić information content (AvgIpc) is 3.62. The van der Waals surface area contributed by atoms with Crippen molar-refractivity contribution in [2.45, 2.75) is 30.8 Å². The van der Waals surface area contributed by atoms with Gasteiger partial charge in [0.2, 0.25) is 10.0 Å². The molecule has 0 radical (unpaired) electrons. The van der Waals surface area contributed by atoms with Gasteiger partial charge < -0.3 is 20.4 Å². The summed E-state index contributed by atoms with van der Waals surface area (Å²) < 4.78 is 60.8. The van der Waals surface area contributed by atoms with Crippen LogP contribution in [0.5, 0.6) is 5.75 Å². The first kappa shape index (κ1) is 27.0. The number of nitrogens with zero attached hydrogens (tertiary/aromatic N) is 2. The molecular formula is C26H24F2N6O5S. The Labute approximate surface area is 227 Å². The van der Waals surface area contributed by atoms with Gasteiger partial charge in [-0.05, 0) is 44.2 Å². The zero-order valence-corrected chi connectivity index (χ0v) is 22.3. The molecule has 2 aromatic heterocycles. The maximum absolute atomic E-state index is 13.8. The van der Waals surface area contributed by atoms with E-state index in [-0.39, 0.29) is 23.6 Å². The van der Waals surface area contributed by atoms with E-state index >= 15 is 0 Å². The first-order valence-corrected chi connectivity index (χ1v) is 13.4. The maximum Gasteiger partial charge on any atom is 0.258 e. The van der Waals surface area contributed by atoms with E-state index < -0.39 is 43.9 Å². The number of anilines is 2. The Balaban J connectivity index is 1.44. The minimum absolute atomic E-state index is 0.0647. The van der Waals surface area contributed by atoms with Crippen molar-refractivity contribution >= 4 is 33.3 Å². The molecule has 2 aromatic carbocycles. The number of ether oxygens (including phenoxy) is 1. The molecule has 0 aliphatic carbocycles. The summed E-state index contributed by atoms with van der Waals surface area (Å²) in [5, 5.41) is 12.3. The lowest BCUT2D eigenvalue weighted by molar-refractivity contribution is 0.102. The molecule has 1 aliphatic heterocycles. The average molecular weight is 571 g/mol. The summed E-state index contributed by atoms with van der Waals surface area (Å²) in [6.07, 6.45) is 3.09. The summed E-state index contributed by atoms with van der Waals surface area (Å²) in [5.41, 5.74) is 0.208. The lowest BCUT2D eigenvalue weighted by Crippen LogP contribution is -2.40. The number of nitrogens with one attached hydrogen (secondary N) is 4. The highest BCUT2D eigenvalue weighted by molar-refractivity contribution is 7.89. The third kappa shape index (κ3) is 4.71. The van der Waals surface area contributed by atoms with Gasteiger partial charge in [0.25, 0.3) is 11.8 Å². The molecule has 208 valence electrons. The number of H-pyrrole nitrogens is 2. The predicted molar refractivity (Wildman–Crippen MR) is 140 cm³/mol. The molecular weight excluding hydrogens is 546 g/mol. The van der Waals surface area contributed by atoms with E-state index in [1.54, 1.807) is 32.2 Å². The summed E-state index contributed by atoms with van der Waals surface area (Å²) in [6, 6.07) is 8.15. The van der Waals surface area contributed by atoms with Crippen molar-refractivity contribution in [2.24, 2.45) is 0 Å². The van der Waals surface area contributed by atoms with E-state index in [1.165, 1.54) is 25.4 Å². The van der Waals surface area contributed by atoms with Crippen LogP contribution < -0.4 is 15.4 Å². The van der Waals surface area contributed by atoms with Gasteiger partial charge in [0.1, 0.15) is 17.4 Å². The largest absolute Gasteiger partial charge is 0.497 e. The third-order valence-electron chi connectivity index (χ3n) is 6.64. The number of hydrogen-bond acceptors (Lipinski definition) is 6. The summed E-state index contributed by atoms with van der Waals surface area (Å²) in [6.45, 7) is 2.98. The Morgan fingerprint density at radius 2 is 1.77 bits per heavy atom. The maximum atomic E-state index is 13.8. The predicted octanol–water partition coefficient (Wildman–Crippen LogP) is 3.97. The fourth-order valence-corrected chi connectivity index (χ4v) is 6.34. The van der Waals surface area contributed by atoms with Gasteiger partial charge in [-0.1, -0.05) is 0 Å². The smallest absolute Gasteiger partial charge is 0.258 e. The monoisotopic (exact) mass is 570 g/mol. The fraction of sp³-hybridized carbons (Fsp3) is 0.192. The number of halogens is 2. The second-order valence-electron chi connectivity index (χ2n) is 9.52. The number of rotatable bonds is 7. The number of amides is 2. The van der Waals surface area contributed by atoms with Crippen LogP contribution in [0.1, 0.15) is 45.8 Å². The summed E-state index contributed by atoms with van der Waals surface area (Å²) >= 11 is 0. The first-order valence-electron chi connectivity index (χ1n) is 11.9. The Hall–Kier alpha value is -4.56. The molecule has 1 aliphatic rings. The van der Waals surface area contributed by atoms with Crippen molar-refractivity contribution in [1.82, 2.24) is 19.5 Å². The normalized spacial score (nSPS) is 14.5. The molecule has 0 saturated heterocycles. The molecule has 11 nitrogen and oxygen atoms in total. The van der Waals surface area contributed by atoms with Gasteiger partial charge in [-0.15, -0.1) is 0 Å². The van der Waals surface area contributed by atoms with Crippen LogP contribution in [-0.2, 0) is 22.1 Å². The highest BCUT2D eigenvalue weighted by Crippen LogP contribution is 2.44. The van der Waals surface area contributed by atoms with Crippen molar-refractivity contribution in [3.63, 3.8) is 0 Å². The van der Waals surface area contributed by atoms with Crippen LogP contribution >= 0.6 is 0 Å². The minimum Gasteiger partial charge on any atom is -0.497 e. The Bertz CT molecular complexity index is 1710. The molecule has 0 atom stereocenters. The number of fused-ring (bicyclic) bond motifs is 1. The van der Waals surface area contributed by atoms with E-state index in [0.717, 1.165) is 16.4 Å². The number of carbonyl (C=O) groups excluding carboxylic acids is 2. The van der Waals surface area contributed by atoms with Gasteiger partial charge in [-0.25, -0.2) is 17.2 Å². The van der Waals surface area contributed by atoms with E-state index in [2.05, 4.69) is 25.8 Å². The van der Waals surface area contributed by atoms with Crippen LogP contribution in [0.3, 0.4) is 0 Å². The number of sulfonamides is 1. The fourth-order valence-electron chi connectivity index (χ4n) is 4.57. The summed E-state index contributed by atoms with van der Waals surface area (Å²) in [4.78, 5) is 28.3. The minimum atomic E-state index is -4.35. The molecule has 0 bridgehead atoms. The molecule has 0 saturated carbocycles. The van der Waals surface area contributed by atoms with Crippen molar-refractivity contribution in [3.8, 4) is 5.75 Å². The van der Waals surface area contributed by atoms with Crippen molar-refractivity contribution < 1.29 is 31.5 Å². The number of hydrogen-bond donors (Lipinski definition) is 4. The van der Waals surface area contributed by atoms with Gasteiger partial charge in [0.05, 0.1) is 40.1 Å². The number of methoxy groups -OCH3 is 1. The zero-order chi connectivity index (χ0) is 28.8. The molecule has 14 heteroatoms. The number of benzene rings is 2. The molecule has 40 heavy (non-hydrogen) atoms. The van der Waals surface area contributed by atoms with Crippen LogP contribution in [0.15, 0.2) is 59.8 Å². The van der Waals surface area contributed by atoms with Crippen LogP contribution in [0.25, 0.3) is 0 Å². The van der Waals surface area contributed by atoms with Crippen molar-refractivity contribution in [3.05, 3.63) is 88.9 Å². The molecule has 0 fully saturated rings. The number of aromatic amines is 2. The van der Waals surface area contributed by atoms with Gasteiger partial charge in [-0.3, -0.25) is 14.7 Å². The van der Waals surface area contributed by atoms with Gasteiger partial charge in [0, 0.05) is 36.6 Å². The Morgan fingerprint density at radius 3 is 2.42 bits per heavy atom. The third-order valence-corrected chi connectivity index (χ3v) is 8.64. The van der Waals surface area contributed by atoms with Gasteiger partial charge in [0.15, 0.2) is 5.82 Å². The standard InChI is InChI=1S/C26H24F2N6O5S/c1-26(2)22-20(13-34(26)40(37,38)18-9-15(27)8-16(28)10-18)23(33-32-22)31-25(36)19-5-4-17(39-3)11-21(19)30-24(35)14-6-7-29-12-14/h4-12,29H,13H2,1-3H3,(H,30,35)(H2,31,32,33,36). The van der Waals surface area contributed by atoms with E-state index in [0.29, 0.717) is 28.6 Å². The number of aromatic nitrogens is 3. The summed E-state index contributed by atoms with van der Waals surface area (Å²) in [7, 11) is -2.90. The van der Waals surface area contributed by atoms with Crippen LogP contribution in [0, 0.1) is 11.6 Å². The second kappa shape index (κ2) is 9.88. The highest BCUT2D eigenvalue weighted by Gasteiger charge is 2.48. The second-order valence-corrected chi connectivity index (χ2v) is 11.4. The summed E-state index contributed by atoms with van der Waals surface area (Å²) in [5.74, 6) is -2.67. The quantitative estimate of drug-likeness (QED) is 0.264. The molecule has 4 N–H and O–H groups in total. The van der Waals surface area contributed by atoms with E-state index in [9.17, 15) is 26.8 Å². The van der Waals surface area contributed by atoms with Crippen molar-refractivity contribution in [2.75, 3.05) is 17.7 Å². The first-order chi connectivity index (χ1) is 18.9.